The van der Waals surface area contributed by atoms with Gasteiger partial charge in [-0.1, -0.05) is 6.07 Å². The Morgan fingerprint density at radius 2 is 2.32 bits per heavy atom. The molecule has 1 unspecified atom stereocenters. The molecule has 1 saturated heterocycles. The summed E-state index contributed by atoms with van der Waals surface area (Å²) in [7, 11) is 2.14. The Morgan fingerprint density at radius 3 is 3.00 bits per heavy atom. The molecule has 1 aromatic carbocycles. The third-order valence-corrected chi connectivity index (χ3v) is 3.65. The van der Waals surface area contributed by atoms with Crippen molar-refractivity contribution in [2.24, 2.45) is 11.7 Å². The number of benzene rings is 1. The highest BCUT2D eigenvalue weighted by Gasteiger charge is 2.18. The summed E-state index contributed by atoms with van der Waals surface area (Å²) in [6, 6.07) is 5.23. The maximum Gasteiger partial charge on any atom is 0.250 e. The summed E-state index contributed by atoms with van der Waals surface area (Å²) < 4.78 is 0. The molecule has 1 fully saturated rings. The normalized spacial score (nSPS) is 20.2. The smallest absolute Gasteiger partial charge is 0.250 e. The number of nitrogens with one attached hydrogen (secondary N) is 1. The lowest BCUT2D eigenvalue weighted by molar-refractivity contribution is 0.100. The highest BCUT2D eigenvalue weighted by Crippen LogP contribution is 2.24. The first-order valence-corrected chi connectivity index (χ1v) is 6.68. The summed E-state index contributed by atoms with van der Waals surface area (Å²) >= 11 is 0. The molecule has 1 heterocycles. The number of carbonyl (C=O) groups excluding carboxylic acids is 1. The standard InChI is InChI=1S/C14H22N4O/c1-18-7-3-4-10(9-18)8-17-13-11(14(16)19)5-2-6-12(13)15/h2,5-6,10,17H,3-4,7-9,15H2,1H3,(H2,16,19). The van der Waals surface area contributed by atoms with E-state index in [4.69, 9.17) is 11.5 Å². The minimum atomic E-state index is -0.449. The topological polar surface area (TPSA) is 84.4 Å². The van der Waals surface area contributed by atoms with Gasteiger partial charge in [0.2, 0.25) is 0 Å². The lowest BCUT2D eigenvalue weighted by Gasteiger charge is -2.30. The molecule has 5 heteroatoms. The van der Waals surface area contributed by atoms with Crippen molar-refractivity contribution >= 4 is 17.3 Å². The molecule has 0 bridgehead atoms. The second-order valence-electron chi connectivity index (χ2n) is 5.29. The number of para-hydroxylation sites is 1. The van der Waals surface area contributed by atoms with Crippen molar-refractivity contribution in [3.8, 4) is 0 Å². The summed E-state index contributed by atoms with van der Waals surface area (Å²) in [6.07, 6.45) is 2.42. The third-order valence-electron chi connectivity index (χ3n) is 3.65. The van der Waals surface area contributed by atoms with Gasteiger partial charge >= 0.3 is 0 Å². The first kappa shape index (κ1) is 13.7. The number of likely N-dealkylation sites (tertiary alicyclic amines) is 1. The van der Waals surface area contributed by atoms with E-state index in [-0.39, 0.29) is 0 Å². The number of hydrogen-bond donors (Lipinski definition) is 3. The molecule has 1 atom stereocenters. The molecular formula is C14H22N4O. The Labute approximate surface area is 113 Å². The van der Waals surface area contributed by atoms with Gasteiger partial charge < -0.3 is 21.7 Å². The molecule has 0 aliphatic carbocycles. The quantitative estimate of drug-likeness (QED) is 0.710. The summed E-state index contributed by atoms with van der Waals surface area (Å²) in [5, 5.41) is 3.30. The maximum atomic E-state index is 11.4. The second kappa shape index (κ2) is 5.93. The maximum absolute atomic E-state index is 11.4. The average molecular weight is 262 g/mol. The zero-order chi connectivity index (χ0) is 13.8. The van der Waals surface area contributed by atoms with Crippen molar-refractivity contribution in [2.75, 3.05) is 37.7 Å². The predicted molar refractivity (Wildman–Crippen MR) is 78.1 cm³/mol. The van der Waals surface area contributed by atoms with Crippen molar-refractivity contribution in [1.29, 1.82) is 0 Å². The van der Waals surface area contributed by atoms with E-state index in [0.29, 0.717) is 22.9 Å². The molecule has 1 amide bonds. The van der Waals surface area contributed by atoms with Gasteiger partial charge in [0.1, 0.15) is 0 Å². The molecule has 0 spiro atoms. The van der Waals surface area contributed by atoms with Crippen LogP contribution in [-0.4, -0.2) is 37.5 Å². The zero-order valence-electron chi connectivity index (χ0n) is 11.4. The fraction of sp³-hybridized carbons (Fsp3) is 0.500. The number of nitrogens with zero attached hydrogens (tertiary/aromatic N) is 1. The molecule has 104 valence electrons. The number of piperidine rings is 1. The number of amides is 1. The van der Waals surface area contributed by atoms with Gasteiger partial charge in [0.25, 0.3) is 5.91 Å². The second-order valence-corrected chi connectivity index (χ2v) is 5.29. The molecule has 0 aromatic heterocycles. The number of carbonyl (C=O) groups is 1. The number of rotatable bonds is 4. The van der Waals surface area contributed by atoms with Crippen molar-refractivity contribution in [3.63, 3.8) is 0 Å². The highest BCUT2D eigenvalue weighted by atomic mass is 16.1. The van der Waals surface area contributed by atoms with E-state index in [1.807, 2.05) is 0 Å². The third kappa shape index (κ3) is 3.38. The van der Waals surface area contributed by atoms with Gasteiger partial charge in [0, 0.05) is 13.1 Å². The number of primary amides is 1. The molecule has 1 aliphatic rings. The van der Waals surface area contributed by atoms with Crippen LogP contribution in [0.1, 0.15) is 23.2 Å². The van der Waals surface area contributed by atoms with Crippen LogP contribution >= 0.6 is 0 Å². The Bertz CT molecular complexity index is 461. The minimum Gasteiger partial charge on any atom is -0.397 e. The van der Waals surface area contributed by atoms with Crippen LogP contribution in [0, 0.1) is 5.92 Å². The van der Waals surface area contributed by atoms with Crippen LogP contribution in [0.2, 0.25) is 0 Å². The van der Waals surface area contributed by atoms with Crippen molar-refractivity contribution in [3.05, 3.63) is 23.8 Å². The summed E-state index contributed by atoms with van der Waals surface area (Å²) in [5.74, 6) is 0.134. The monoisotopic (exact) mass is 262 g/mol. The molecule has 0 radical (unpaired) electrons. The predicted octanol–water partition coefficient (Wildman–Crippen LogP) is 1.12. The van der Waals surface area contributed by atoms with Gasteiger partial charge in [-0.25, -0.2) is 0 Å². The van der Waals surface area contributed by atoms with E-state index in [1.54, 1.807) is 18.2 Å². The molecule has 0 saturated carbocycles. The van der Waals surface area contributed by atoms with Crippen LogP contribution < -0.4 is 16.8 Å². The lowest BCUT2D eigenvalue weighted by atomic mass is 9.98. The van der Waals surface area contributed by atoms with Crippen LogP contribution in [0.3, 0.4) is 0 Å². The van der Waals surface area contributed by atoms with Gasteiger partial charge in [-0.15, -0.1) is 0 Å². The number of nitrogen functional groups attached to an aromatic ring is 1. The van der Waals surface area contributed by atoms with Crippen LogP contribution in [0.15, 0.2) is 18.2 Å². The first-order chi connectivity index (χ1) is 9.08. The Morgan fingerprint density at radius 1 is 1.53 bits per heavy atom. The molecule has 19 heavy (non-hydrogen) atoms. The van der Waals surface area contributed by atoms with E-state index in [2.05, 4.69) is 17.3 Å². The molecule has 1 aromatic rings. The van der Waals surface area contributed by atoms with E-state index in [9.17, 15) is 4.79 Å². The fourth-order valence-corrected chi connectivity index (χ4v) is 2.66. The van der Waals surface area contributed by atoms with Crippen molar-refractivity contribution in [1.82, 2.24) is 4.90 Å². The van der Waals surface area contributed by atoms with E-state index in [0.717, 1.165) is 19.6 Å². The molecule has 5 nitrogen and oxygen atoms in total. The lowest BCUT2D eigenvalue weighted by Crippen LogP contribution is -2.35. The fourth-order valence-electron chi connectivity index (χ4n) is 2.66. The summed E-state index contributed by atoms with van der Waals surface area (Å²) in [4.78, 5) is 13.7. The minimum absolute atomic E-state index is 0.449. The molecule has 5 N–H and O–H groups in total. The molecular weight excluding hydrogens is 240 g/mol. The molecule has 2 rings (SSSR count). The van der Waals surface area contributed by atoms with E-state index < -0.39 is 5.91 Å². The number of nitrogens with two attached hydrogens (primary N) is 2. The van der Waals surface area contributed by atoms with Crippen molar-refractivity contribution < 1.29 is 4.79 Å². The molecule has 1 aliphatic heterocycles. The van der Waals surface area contributed by atoms with Crippen LogP contribution in [0.5, 0.6) is 0 Å². The van der Waals surface area contributed by atoms with Gasteiger partial charge in [-0.2, -0.15) is 0 Å². The number of anilines is 2. The van der Waals surface area contributed by atoms with Gasteiger partial charge in [-0.05, 0) is 44.5 Å². The summed E-state index contributed by atoms with van der Waals surface area (Å²) in [6.45, 7) is 3.06. The van der Waals surface area contributed by atoms with Crippen LogP contribution in [0.4, 0.5) is 11.4 Å². The van der Waals surface area contributed by atoms with Crippen LogP contribution in [-0.2, 0) is 0 Å². The van der Waals surface area contributed by atoms with Gasteiger partial charge in [0.05, 0.1) is 16.9 Å². The largest absolute Gasteiger partial charge is 0.397 e. The highest BCUT2D eigenvalue weighted by molar-refractivity contribution is 6.01. The zero-order valence-corrected chi connectivity index (χ0v) is 11.4. The number of hydrogen-bond acceptors (Lipinski definition) is 4. The Balaban J connectivity index is 2.04. The van der Waals surface area contributed by atoms with E-state index in [1.165, 1.54) is 12.8 Å². The first-order valence-electron chi connectivity index (χ1n) is 6.68. The van der Waals surface area contributed by atoms with Crippen LogP contribution in [0.25, 0.3) is 0 Å². The Kier molecular flexibility index (Phi) is 4.27. The van der Waals surface area contributed by atoms with E-state index >= 15 is 0 Å². The Hall–Kier alpha value is -1.75. The average Bonchev–Trinajstić information content (AvgIpc) is 2.37. The van der Waals surface area contributed by atoms with Crippen molar-refractivity contribution in [2.45, 2.75) is 12.8 Å². The summed E-state index contributed by atoms with van der Waals surface area (Å²) in [5.41, 5.74) is 13.0. The SMILES string of the molecule is CN1CCCC(CNc2c(N)cccc2C(N)=O)C1. The van der Waals surface area contributed by atoms with Gasteiger partial charge in [0.15, 0.2) is 0 Å². The van der Waals surface area contributed by atoms with Gasteiger partial charge in [-0.3, -0.25) is 4.79 Å².